The number of hydrogen-bond acceptors (Lipinski definition) is 4. The molecule has 4 aromatic carbocycles. The fourth-order valence-electron chi connectivity index (χ4n) is 8.67. The Morgan fingerprint density at radius 1 is 0.523 bits per heavy atom. The Balaban J connectivity index is 1.45. The zero-order chi connectivity index (χ0) is 28.8. The molecule has 0 N–H and O–H groups in total. The predicted molar refractivity (Wildman–Crippen MR) is 168 cm³/mol. The second kappa shape index (κ2) is 6.58. The van der Waals surface area contributed by atoms with Gasteiger partial charge in [-0.3, -0.25) is 0 Å². The lowest BCUT2D eigenvalue weighted by molar-refractivity contribution is -0.791. The summed E-state index contributed by atoms with van der Waals surface area (Å²) in [6.45, 7) is 6.54. The first-order valence-electron chi connectivity index (χ1n) is 15.0. The lowest BCUT2D eigenvalue weighted by Gasteiger charge is -2.41. The molecule has 0 fully saturated rings. The molecular formula is C36H22N8+2. The molecule has 12 rings (SSSR count). The highest BCUT2D eigenvalue weighted by Gasteiger charge is 2.69. The summed E-state index contributed by atoms with van der Waals surface area (Å²) in [5.41, 5.74) is 9.78. The summed E-state index contributed by atoms with van der Waals surface area (Å²) in [5.74, 6) is 4.52. The van der Waals surface area contributed by atoms with Crippen molar-refractivity contribution in [1.29, 1.82) is 0 Å². The number of aromatic nitrogens is 2. The fraction of sp³-hybridized carbons (Fsp3) is 0.111. The molecule has 0 radical (unpaired) electrons. The molecule has 204 valence electrons. The zero-order valence-electron chi connectivity index (χ0n) is 24.1. The van der Waals surface area contributed by atoms with Crippen molar-refractivity contribution in [2.75, 3.05) is 0 Å². The Kier molecular flexibility index (Phi) is 3.27. The highest BCUT2D eigenvalue weighted by molar-refractivity contribution is 6.24. The lowest BCUT2D eigenvalue weighted by atomic mass is 10.0. The maximum absolute atomic E-state index is 5.56. The minimum Gasteiger partial charge on any atom is -0.211 e. The third kappa shape index (κ3) is 1.97. The summed E-state index contributed by atoms with van der Waals surface area (Å²) in [6, 6.07) is 28.1. The van der Waals surface area contributed by atoms with Crippen molar-refractivity contribution in [3.63, 3.8) is 0 Å². The molecule has 8 nitrogen and oxygen atoms in total. The van der Waals surface area contributed by atoms with Crippen LogP contribution in [0.1, 0.15) is 38.9 Å². The van der Waals surface area contributed by atoms with Crippen molar-refractivity contribution >= 4 is 56.5 Å². The molecule has 6 aliphatic rings. The molecule has 1 atom stereocenters. The van der Waals surface area contributed by atoms with Crippen LogP contribution < -0.4 is 11.0 Å². The second-order valence-electron chi connectivity index (χ2n) is 12.5. The van der Waals surface area contributed by atoms with Crippen LogP contribution in [0.3, 0.4) is 0 Å². The molecule has 6 aliphatic heterocycles. The smallest absolute Gasteiger partial charge is 0.211 e. The van der Waals surface area contributed by atoms with Gasteiger partial charge in [-0.25, -0.2) is 14.1 Å². The third-order valence-corrected chi connectivity index (χ3v) is 10.4. The first kappa shape index (κ1) is 21.9. The van der Waals surface area contributed by atoms with Gasteiger partial charge in [0.25, 0.3) is 23.3 Å². The molecule has 8 heterocycles. The van der Waals surface area contributed by atoms with E-state index in [0.29, 0.717) is 0 Å². The van der Waals surface area contributed by atoms with Gasteiger partial charge < -0.3 is 0 Å². The molecule has 0 unspecified atom stereocenters. The summed E-state index contributed by atoms with van der Waals surface area (Å²) in [5, 5.41) is 4.47. The monoisotopic (exact) mass is 566 g/mol. The van der Waals surface area contributed by atoms with Gasteiger partial charge in [0.05, 0.1) is 22.3 Å². The van der Waals surface area contributed by atoms with Crippen LogP contribution in [-0.2, 0) is 5.91 Å². The van der Waals surface area contributed by atoms with E-state index in [1.165, 1.54) is 16.7 Å². The highest BCUT2D eigenvalue weighted by atomic mass is 15.7. The summed E-state index contributed by atoms with van der Waals surface area (Å²) in [6.07, 6.45) is 0. The van der Waals surface area contributed by atoms with Crippen molar-refractivity contribution in [2.24, 2.45) is 20.0 Å². The van der Waals surface area contributed by atoms with E-state index >= 15 is 0 Å². The number of amidine groups is 4. The molecule has 44 heavy (non-hydrogen) atoms. The third-order valence-electron chi connectivity index (χ3n) is 10.4. The number of aliphatic imine (C=N–C) groups is 2. The van der Waals surface area contributed by atoms with Crippen LogP contribution in [0.25, 0.3) is 21.5 Å². The van der Waals surface area contributed by atoms with E-state index in [0.717, 1.165) is 89.8 Å². The molecule has 0 bridgehead atoms. The van der Waals surface area contributed by atoms with Gasteiger partial charge in [0.2, 0.25) is 11.3 Å². The van der Waals surface area contributed by atoms with Crippen LogP contribution in [0.4, 0.5) is 11.6 Å². The minimum atomic E-state index is -0.945. The first-order valence-corrected chi connectivity index (χ1v) is 15.0. The molecule has 0 aliphatic carbocycles. The van der Waals surface area contributed by atoms with Gasteiger partial charge in [0, 0.05) is 21.5 Å². The fourth-order valence-corrected chi connectivity index (χ4v) is 8.67. The number of hydrogen-bond donors (Lipinski definition) is 0. The normalized spacial score (nSPS) is 20.2. The number of rotatable bonds is 0. The molecule has 0 amide bonds. The average Bonchev–Trinajstić information content (AvgIpc) is 3.75. The van der Waals surface area contributed by atoms with Crippen LogP contribution in [0.2, 0.25) is 0 Å². The largest absolute Gasteiger partial charge is 0.402 e. The van der Waals surface area contributed by atoms with E-state index in [1.807, 2.05) is 0 Å². The maximum Gasteiger partial charge on any atom is 0.402 e. The summed E-state index contributed by atoms with van der Waals surface area (Å²) in [7, 11) is 0. The molecule has 6 aromatic rings. The lowest BCUT2D eigenvalue weighted by Crippen LogP contribution is -2.71. The summed E-state index contributed by atoms with van der Waals surface area (Å²) >= 11 is 0. The van der Waals surface area contributed by atoms with Crippen molar-refractivity contribution in [1.82, 2.24) is 9.13 Å². The Hall–Kier alpha value is -5.76. The number of aryl methyl sites for hydroxylation is 3. The zero-order valence-corrected chi connectivity index (χ0v) is 24.1. The molecule has 0 saturated carbocycles. The SMILES string of the molecule is Cc1cccc2c1C1=Nc3c4cccc(C)c4c4n3[C@@]35n6c(c7cccc(C)c7c6=N4)=NC4=[N+]3C(=NC2=[N+]15)c1ccccc14. The van der Waals surface area contributed by atoms with Gasteiger partial charge in [0.1, 0.15) is 0 Å². The van der Waals surface area contributed by atoms with Crippen LogP contribution in [0.15, 0.2) is 98.8 Å². The van der Waals surface area contributed by atoms with Gasteiger partial charge >= 0.3 is 5.91 Å². The van der Waals surface area contributed by atoms with Crippen molar-refractivity contribution in [3.8, 4) is 0 Å². The quantitative estimate of drug-likeness (QED) is 0.241. The number of benzene rings is 4. The van der Waals surface area contributed by atoms with E-state index in [9.17, 15) is 0 Å². The molecule has 8 heteroatoms. The van der Waals surface area contributed by atoms with Crippen LogP contribution in [0, 0.1) is 20.8 Å². The molecule has 2 aromatic heterocycles. The van der Waals surface area contributed by atoms with E-state index in [-0.39, 0.29) is 0 Å². The Morgan fingerprint density at radius 3 is 2.07 bits per heavy atom. The van der Waals surface area contributed by atoms with Crippen molar-refractivity contribution in [3.05, 3.63) is 129 Å². The Morgan fingerprint density at radius 2 is 1.20 bits per heavy atom. The average molecular weight is 567 g/mol. The van der Waals surface area contributed by atoms with E-state index < -0.39 is 5.91 Å². The van der Waals surface area contributed by atoms with Crippen LogP contribution >= 0.6 is 0 Å². The van der Waals surface area contributed by atoms with E-state index in [2.05, 4.69) is 118 Å². The second-order valence-corrected chi connectivity index (χ2v) is 12.5. The van der Waals surface area contributed by atoms with E-state index in [4.69, 9.17) is 20.0 Å². The Labute approximate surface area is 249 Å². The van der Waals surface area contributed by atoms with Gasteiger partial charge in [0.15, 0.2) is 11.3 Å². The molecule has 0 saturated heterocycles. The number of nitrogens with zero attached hydrogens (tertiary/aromatic N) is 8. The van der Waals surface area contributed by atoms with Crippen LogP contribution in [0.5, 0.6) is 0 Å². The minimum absolute atomic E-state index is 0.903. The summed E-state index contributed by atoms with van der Waals surface area (Å²) in [4.78, 5) is 22.1. The van der Waals surface area contributed by atoms with Gasteiger partial charge in [-0.2, -0.15) is 0 Å². The topological polar surface area (TPSA) is 65.3 Å². The summed E-state index contributed by atoms with van der Waals surface area (Å²) < 4.78 is 9.47. The van der Waals surface area contributed by atoms with Crippen LogP contribution in [-0.4, -0.2) is 41.6 Å². The first-order chi connectivity index (χ1) is 21.6. The Bertz CT molecular complexity index is 2800. The van der Waals surface area contributed by atoms with Crippen molar-refractivity contribution < 1.29 is 9.15 Å². The van der Waals surface area contributed by atoms with Gasteiger partial charge in [-0.05, 0) is 67.8 Å². The van der Waals surface area contributed by atoms with Gasteiger partial charge in [-0.1, -0.05) is 63.5 Å². The molecule has 1 spiro atoms. The highest BCUT2D eigenvalue weighted by Crippen LogP contribution is 2.52. The van der Waals surface area contributed by atoms with Crippen molar-refractivity contribution in [2.45, 2.75) is 26.7 Å². The standard InChI is InChI=1S/C36H22N8/c1-17-9-6-14-22-25(17)33-39-32-24-16-8-11-19(3)27(24)35-40-34-26-18(2)10-7-15-23(26)31-38-29-21-13-5-4-12-20(21)28-37-30(22)42(33)36(41(28)29,43(31)34)44(32)35/h4-16H,1-3H3/q+2/t36-/m0/s1. The molecular weight excluding hydrogens is 544 g/mol. The van der Waals surface area contributed by atoms with Gasteiger partial charge in [-0.15, -0.1) is 9.15 Å². The number of fused-ring (bicyclic) bond motifs is 12. The maximum atomic E-state index is 5.56. The predicted octanol–water partition coefficient (Wildman–Crippen LogP) is 4.63. The van der Waals surface area contributed by atoms with E-state index in [1.54, 1.807) is 0 Å².